The van der Waals surface area contributed by atoms with Crippen molar-refractivity contribution in [1.29, 1.82) is 0 Å². The Kier molecular flexibility index (Phi) is 7.63. The molecule has 0 saturated carbocycles. The molecule has 0 aliphatic carbocycles. The van der Waals surface area contributed by atoms with E-state index in [0.717, 1.165) is 27.5 Å². The van der Waals surface area contributed by atoms with Gasteiger partial charge in [-0.1, -0.05) is 28.1 Å². The van der Waals surface area contributed by atoms with Crippen LogP contribution in [0.2, 0.25) is 0 Å². The van der Waals surface area contributed by atoms with Gasteiger partial charge in [0.15, 0.2) is 9.84 Å². The van der Waals surface area contributed by atoms with Crippen molar-refractivity contribution in [3.63, 3.8) is 0 Å². The first-order chi connectivity index (χ1) is 9.39. The topological polar surface area (TPSA) is 34.1 Å². The zero-order valence-electron chi connectivity index (χ0n) is 12.4. The van der Waals surface area contributed by atoms with Crippen LogP contribution in [0.3, 0.4) is 0 Å². The average Bonchev–Trinajstić information content (AvgIpc) is 2.79. The minimum absolute atomic E-state index is 0. The van der Waals surface area contributed by atoms with Crippen LogP contribution in [0.4, 0.5) is 0 Å². The van der Waals surface area contributed by atoms with E-state index in [4.69, 9.17) is 0 Å². The van der Waals surface area contributed by atoms with Crippen molar-refractivity contribution in [2.75, 3.05) is 32.4 Å². The predicted molar refractivity (Wildman–Crippen MR) is 86.3 cm³/mol. The van der Waals surface area contributed by atoms with Gasteiger partial charge in [0, 0.05) is 23.7 Å². The van der Waals surface area contributed by atoms with Gasteiger partial charge in [0.25, 0.3) is 0 Å². The Bertz CT molecular complexity index is 539. The fraction of sp³-hybridized carbons (Fsp3) is 0.600. The van der Waals surface area contributed by atoms with Gasteiger partial charge in [0.05, 0.1) is 38.2 Å². The third-order valence-corrected chi connectivity index (χ3v) is 6.31. The summed E-state index contributed by atoms with van der Waals surface area (Å²) in [5.41, 5.74) is 0.870. The number of hydrogen-bond donors (Lipinski definition) is 0. The molecule has 1 saturated heterocycles. The predicted octanol–water partition coefficient (Wildman–Crippen LogP) is -0.00160. The molecule has 120 valence electrons. The van der Waals surface area contributed by atoms with Gasteiger partial charge in [-0.05, 0) is 17.7 Å². The van der Waals surface area contributed by atoms with Crippen molar-refractivity contribution in [3.05, 3.63) is 34.3 Å². The van der Waals surface area contributed by atoms with Gasteiger partial charge in [-0.3, -0.25) is 0 Å². The molecule has 0 bridgehead atoms. The highest BCUT2D eigenvalue weighted by Crippen LogP contribution is 2.18. The van der Waals surface area contributed by atoms with Gasteiger partial charge in [-0.2, -0.15) is 0 Å². The molecular weight excluding hydrogens is 465 g/mol. The molecule has 0 spiro atoms. The maximum Gasteiger partial charge on any atom is 0.154 e. The van der Waals surface area contributed by atoms with Crippen molar-refractivity contribution in [1.82, 2.24) is 0 Å². The summed E-state index contributed by atoms with van der Waals surface area (Å²) in [4.78, 5) is 0. The largest absolute Gasteiger partial charge is 1.00 e. The number of halogens is 2. The molecule has 0 unspecified atom stereocenters. The van der Waals surface area contributed by atoms with Crippen molar-refractivity contribution in [2.45, 2.75) is 25.0 Å². The minimum Gasteiger partial charge on any atom is -1.00 e. The molecule has 1 aromatic carbocycles. The second-order valence-electron chi connectivity index (χ2n) is 6.07. The maximum absolute atomic E-state index is 12.1. The first-order valence-electron chi connectivity index (χ1n) is 7.17. The first kappa shape index (κ1) is 19.4. The van der Waals surface area contributed by atoms with Crippen LogP contribution in [-0.4, -0.2) is 45.3 Å². The van der Waals surface area contributed by atoms with Crippen LogP contribution < -0.4 is 24.0 Å². The van der Waals surface area contributed by atoms with E-state index in [2.05, 4.69) is 23.0 Å². The number of nitrogens with zero attached hydrogens (tertiary/aromatic N) is 1. The van der Waals surface area contributed by atoms with E-state index in [-0.39, 0.29) is 29.7 Å². The highest BCUT2D eigenvalue weighted by molar-refractivity contribution is 9.10. The summed E-state index contributed by atoms with van der Waals surface area (Å²) in [6, 6.07) is 7.52. The minimum atomic E-state index is -2.99. The van der Waals surface area contributed by atoms with E-state index in [1.54, 1.807) is 0 Å². The number of sulfone groups is 1. The second kappa shape index (κ2) is 8.26. The standard InChI is InChI=1S/C15H23BrNO2S.HI/c1-17(9-2-3-10-17)11-4-12-20(18,19)13-14-5-7-15(16)8-6-14;/h5-8H,2-4,9-13H2,1H3;1H/q+1;/p-1. The number of benzene rings is 1. The van der Waals surface area contributed by atoms with Crippen LogP contribution in [0.15, 0.2) is 28.7 Å². The van der Waals surface area contributed by atoms with Gasteiger partial charge in [0.1, 0.15) is 0 Å². The number of hydrogen-bond acceptors (Lipinski definition) is 2. The normalized spacial score (nSPS) is 17.4. The molecule has 1 heterocycles. The summed E-state index contributed by atoms with van der Waals surface area (Å²) in [6.07, 6.45) is 3.33. The van der Waals surface area contributed by atoms with Crippen molar-refractivity contribution in [2.24, 2.45) is 0 Å². The summed E-state index contributed by atoms with van der Waals surface area (Å²) >= 11 is 3.36. The van der Waals surface area contributed by atoms with Crippen LogP contribution >= 0.6 is 15.9 Å². The summed E-state index contributed by atoms with van der Waals surface area (Å²) < 4.78 is 26.3. The second-order valence-corrected chi connectivity index (χ2v) is 9.17. The smallest absolute Gasteiger partial charge is 0.154 e. The first-order valence-corrected chi connectivity index (χ1v) is 9.78. The van der Waals surface area contributed by atoms with E-state index in [1.165, 1.54) is 25.9 Å². The lowest BCUT2D eigenvalue weighted by atomic mass is 10.2. The third-order valence-electron chi connectivity index (χ3n) is 4.10. The Morgan fingerprint density at radius 3 is 2.29 bits per heavy atom. The summed E-state index contributed by atoms with van der Waals surface area (Å²) in [5, 5.41) is 0. The van der Waals surface area contributed by atoms with Gasteiger partial charge in [0.2, 0.25) is 0 Å². The molecule has 1 aliphatic heterocycles. The number of likely N-dealkylation sites (tertiary alicyclic amines) is 1. The summed E-state index contributed by atoms with van der Waals surface area (Å²) in [6.45, 7) is 3.39. The van der Waals surface area contributed by atoms with Crippen molar-refractivity contribution >= 4 is 25.8 Å². The quantitative estimate of drug-likeness (QED) is 0.418. The van der Waals surface area contributed by atoms with E-state index in [0.29, 0.717) is 5.75 Å². The lowest BCUT2D eigenvalue weighted by molar-refractivity contribution is -0.897. The summed E-state index contributed by atoms with van der Waals surface area (Å²) in [7, 11) is -0.747. The lowest BCUT2D eigenvalue weighted by Gasteiger charge is -2.29. The molecule has 21 heavy (non-hydrogen) atoms. The molecule has 2 rings (SSSR count). The monoisotopic (exact) mass is 487 g/mol. The lowest BCUT2D eigenvalue weighted by Crippen LogP contribution is -3.00. The van der Waals surface area contributed by atoms with E-state index in [1.807, 2.05) is 24.3 Å². The van der Waals surface area contributed by atoms with Gasteiger partial charge >= 0.3 is 0 Å². The van der Waals surface area contributed by atoms with Crippen LogP contribution in [-0.2, 0) is 15.6 Å². The summed E-state index contributed by atoms with van der Waals surface area (Å²) in [5.74, 6) is 0.459. The Hall–Kier alpha value is 0.340. The molecule has 0 amide bonds. The highest BCUT2D eigenvalue weighted by atomic mass is 127. The molecule has 1 aromatic rings. The average molecular weight is 488 g/mol. The molecule has 0 N–H and O–H groups in total. The molecule has 1 aliphatic rings. The maximum atomic E-state index is 12.1. The molecule has 0 radical (unpaired) electrons. The van der Waals surface area contributed by atoms with Gasteiger partial charge in [-0.15, -0.1) is 0 Å². The Morgan fingerprint density at radius 1 is 1.14 bits per heavy atom. The van der Waals surface area contributed by atoms with Gasteiger partial charge in [-0.25, -0.2) is 8.42 Å². The van der Waals surface area contributed by atoms with Gasteiger partial charge < -0.3 is 28.5 Å². The highest BCUT2D eigenvalue weighted by Gasteiger charge is 2.26. The van der Waals surface area contributed by atoms with Crippen LogP contribution in [0, 0.1) is 0 Å². The Labute approximate surface area is 153 Å². The molecule has 6 heteroatoms. The fourth-order valence-corrected chi connectivity index (χ4v) is 4.57. The number of rotatable bonds is 6. The SMILES string of the molecule is C[N+]1(CCCS(=O)(=O)Cc2ccc(Br)cc2)CCCC1.[I-]. The van der Waals surface area contributed by atoms with Crippen molar-refractivity contribution < 1.29 is 36.9 Å². The fourth-order valence-electron chi connectivity index (χ4n) is 2.90. The van der Waals surface area contributed by atoms with Crippen LogP contribution in [0.1, 0.15) is 24.8 Å². The van der Waals surface area contributed by atoms with Crippen LogP contribution in [0.25, 0.3) is 0 Å². The Balaban J connectivity index is 0.00000220. The van der Waals surface area contributed by atoms with Crippen LogP contribution in [0.5, 0.6) is 0 Å². The molecule has 0 aromatic heterocycles. The number of quaternary nitrogens is 1. The molecule has 0 atom stereocenters. The zero-order valence-corrected chi connectivity index (χ0v) is 17.0. The molecule has 1 fully saturated rings. The Morgan fingerprint density at radius 2 is 1.71 bits per heavy atom. The van der Waals surface area contributed by atoms with E-state index >= 15 is 0 Å². The third kappa shape index (κ3) is 6.54. The van der Waals surface area contributed by atoms with Crippen molar-refractivity contribution in [3.8, 4) is 0 Å². The molecule has 3 nitrogen and oxygen atoms in total. The van der Waals surface area contributed by atoms with E-state index < -0.39 is 9.84 Å². The van der Waals surface area contributed by atoms with E-state index in [9.17, 15) is 8.42 Å². The molecular formula is C15H23BrINO2S. The zero-order chi connectivity index (χ0) is 14.6.